The van der Waals surface area contributed by atoms with Gasteiger partial charge in [0.2, 0.25) is 0 Å². The molecule has 0 spiro atoms. The first-order valence-corrected chi connectivity index (χ1v) is 10.2. The van der Waals surface area contributed by atoms with Crippen LogP contribution in [0.3, 0.4) is 0 Å². The van der Waals surface area contributed by atoms with Crippen molar-refractivity contribution in [1.82, 2.24) is 0 Å². The smallest absolute Gasteiger partial charge is 0.130 e. The van der Waals surface area contributed by atoms with Gasteiger partial charge in [-0.1, -0.05) is 60.9 Å². The molecule has 1 N–H and O–H groups in total. The van der Waals surface area contributed by atoms with Crippen LogP contribution in [0.4, 0.5) is 0 Å². The number of hydrogen-bond acceptors (Lipinski definition) is 5. The second-order valence-electron chi connectivity index (χ2n) is 6.94. The molecule has 4 nitrogen and oxygen atoms in total. The van der Waals surface area contributed by atoms with E-state index < -0.39 is 0 Å². The lowest BCUT2D eigenvalue weighted by atomic mass is 9.90. The van der Waals surface area contributed by atoms with Gasteiger partial charge in [0.25, 0.3) is 0 Å². The van der Waals surface area contributed by atoms with E-state index in [0.29, 0.717) is 12.3 Å². The molecule has 0 saturated heterocycles. The maximum Gasteiger partial charge on any atom is 0.130 e. The third-order valence-electron chi connectivity index (χ3n) is 3.73. The Hall–Kier alpha value is -1.82. The van der Waals surface area contributed by atoms with Crippen molar-refractivity contribution in [2.24, 2.45) is 10.6 Å². The summed E-state index contributed by atoms with van der Waals surface area (Å²) in [5, 5.41) is 12.5. The van der Waals surface area contributed by atoms with Crippen molar-refractivity contribution in [2.45, 2.75) is 30.6 Å². The molecule has 2 aromatic carbocycles. The van der Waals surface area contributed by atoms with Crippen molar-refractivity contribution in [3.05, 3.63) is 59.1 Å². The van der Waals surface area contributed by atoms with Gasteiger partial charge in [-0.2, -0.15) is 0 Å². The number of halogens is 2. The minimum absolute atomic E-state index is 0.192. The van der Waals surface area contributed by atoms with Crippen LogP contribution in [0.1, 0.15) is 20.8 Å². The Balaban J connectivity index is 1.89. The van der Waals surface area contributed by atoms with Crippen LogP contribution in [0.5, 0.6) is 11.5 Å². The molecule has 2 aromatic rings. The van der Waals surface area contributed by atoms with E-state index in [9.17, 15) is 0 Å². The Bertz CT molecular complexity index is 809. The fraction of sp³-hybridized carbons (Fsp3) is 0.286. The molecular weight excluding hydrogens is 417 g/mol. The van der Waals surface area contributed by atoms with Crippen molar-refractivity contribution >= 4 is 40.7 Å². The van der Waals surface area contributed by atoms with Crippen LogP contribution < -0.4 is 9.47 Å². The SMILES string of the molecule is CC(C)(C)C(COc1ccc(Sc2ccc(OCC=C(Cl)Cl)cc2)cc1)=NO. The summed E-state index contributed by atoms with van der Waals surface area (Å²) in [6, 6.07) is 15.6. The molecule has 0 fully saturated rings. The highest BCUT2D eigenvalue weighted by atomic mass is 35.5. The maximum absolute atomic E-state index is 9.12. The highest BCUT2D eigenvalue weighted by Crippen LogP contribution is 2.30. The van der Waals surface area contributed by atoms with Crippen LogP contribution in [0.15, 0.2) is 74.0 Å². The van der Waals surface area contributed by atoms with Crippen molar-refractivity contribution in [2.75, 3.05) is 13.2 Å². The van der Waals surface area contributed by atoms with Gasteiger partial charge in [0.05, 0.1) is 5.71 Å². The van der Waals surface area contributed by atoms with E-state index in [1.54, 1.807) is 17.8 Å². The molecule has 0 radical (unpaired) electrons. The molecule has 0 aromatic heterocycles. The fourth-order valence-corrected chi connectivity index (χ4v) is 3.03. The lowest BCUT2D eigenvalue weighted by Gasteiger charge is -2.20. The van der Waals surface area contributed by atoms with Gasteiger partial charge in [0.1, 0.15) is 29.2 Å². The van der Waals surface area contributed by atoms with Crippen molar-refractivity contribution in [3.63, 3.8) is 0 Å². The van der Waals surface area contributed by atoms with Gasteiger partial charge < -0.3 is 14.7 Å². The molecule has 0 unspecified atom stereocenters. The van der Waals surface area contributed by atoms with Gasteiger partial charge in [-0.05, 0) is 54.6 Å². The second kappa shape index (κ2) is 10.6. The molecule has 28 heavy (non-hydrogen) atoms. The predicted molar refractivity (Wildman–Crippen MR) is 116 cm³/mol. The first kappa shape index (κ1) is 22.5. The predicted octanol–water partition coefficient (Wildman–Crippen LogP) is 6.79. The molecule has 0 amide bonds. The van der Waals surface area contributed by atoms with Crippen LogP contribution in [0.2, 0.25) is 0 Å². The molecule has 150 valence electrons. The largest absolute Gasteiger partial charge is 0.489 e. The summed E-state index contributed by atoms with van der Waals surface area (Å²) < 4.78 is 11.4. The lowest BCUT2D eigenvalue weighted by Crippen LogP contribution is -2.26. The molecule has 0 aliphatic rings. The topological polar surface area (TPSA) is 51.0 Å². The van der Waals surface area contributed by atoms with E-state index >= 15 is 0 Å². The Labute approximate surface area is 180 Å². The van der Waals surface area contributed by atoms with Crippen LogP contribution in [0, 0.1) is 5.41 Å². The minimum atomic E-state index is -0.243. The summed E-state index contributed by atoms with van der Waals surface area (Å²) in [7, 11) is 0. The lowest BCUT2D eigenvalue weighted by molar-refractivity contribution is 0.293. The minimum Gasteiger partial charge on any atom is -0.489 e. The number of ether oxygens (including phenoxy) is 2. The summed E-state index contributed by atoms with van der Waals surface area (Å²) in [5.41, 5.74) is 0.351. The summed E-state index contributed by atoms with van der Waals surface area (Å²) >= 11 is 12.7. The Kier molecular flexibility index (Phi) is 8.55. The Morgan fingerprint density at radius 2 is 1.46 bits per heavy atom. The van der Waals surface area contributed by atoms with Crippen molar-refractivity contribution < 1.29 is 14.7 Å². The fourth-order valence-electron chi connectivity index (χ4n) is 2.09. The first-order valence-electron chi connectivity index (χ1n) is 8.64. The Morgan fingerprint density at radius 1 is 0.964 bits per heavy atom. The van der Waals surface area contributed by atoms with Crippen molar-refractivity contribution in [3.8, 4) is 11.5 Å². The molecule has 0 aliphatic carbocycles. The van der Waals surface area contributed by atoms with E-state index in [2.05, 4.69) is 5.16 Å². The molecule has 0 heterocycles. The van der Waals surface area contributed by atoms with Gasteiger partial charge in [0, 0.05) is 15.2 Å². The summed E-state index contributed by atoms with van der Waals surface area (Å²) in [6.45, 7) is 6.51. The third kappa shape index (κ3) is 7.66. The van der Waals surface area contributed by atoms with Gasteiger partial charge >= 0.3 is 0 Å². The monoisotopic (exact) mass is 439 g/mol. The number of hydrogen-bond donors (Lipinski definition) is 1. The molecule has 0 aliphatic heterocycles. The average Bonchev–Trinajstić information content (AvgIpc) is 2.63. The molecule has 0 bridgehead atoms. The summed E-state index contributed by atoms with van der Waals surface area (Å²) in [4.78, 5) is 2.18. The van der Waals surface area contributed by atoms with Gasteiger partial charge in [-0.3, -0.25) is 0 Å². The third-order valence-corrected chi connectivity index (χ3v) is 5.06. The van der Waals surface area contributed by atoms with E-state index in [4.69, 9.17) is 37.9 Å². The highest BCUT2D eigenvalue weighted by Gasteiger charge is 2.20. The van der Waals surface area contributed by atoms with Gasteiger partial charge in [0.15, 0.2) is 0 Å². The molecule has 0 saturated carbocycles. The molecule has 0 atom stereocenters. The standard InChI is InChI=1S/C21H23Cl2NO3S/c1-21(2,3)19(24-25)14-27-16-6-10-18(11-7-16)28-17-8-4-15(5-9-17)26-13-12-20(22)23/h4-12,25H,13-14H2,1-3H3. The van der Waals surface area contributed by atoms with E-state index in [0.717, 1.165) is 21.3 Å². The van der Waals surface area contributed by atoms with Crippen LogP contribution >= 0.6 is 35.0 Å². The maximum atomic E-state index is 9.12. The molecule has 2 rings (SSSR count). The van der Waals surface area contributed by atoms with Crippen molar-refractivity contribution in [1.29, 1.82) is 0 Å². The first-order chi connectivity index (χ1) is 13.3. The number of nitrogens with zero attached hydrogens (tertiary/aromatic N) is 1. The normalized spacial score (nSPS) is 11.8. The van der Waals surface area contributed by atoms with Crippen LogP contribution in [-0.4, -0.2) is 24.1 Å². The zero-order valence-electron chi connectivity index (χ0n) is 16.0. The van der Waals surface area contributed by atoms with Crippen LogP contribution in [0.25, 0.3) is 0 Å². The number of oxime groups is 1. The van der Waals surface area contributed by atoms with Crippen LogP contribution in [-0.2, 0) is 0 Å². The second-order valence-corrected chi connectivity index (χ2v) is 9.09. The zero-order valence-corrected chi connectivity index (χ0v) is 18.3. The average molecular weight is 440 g/mol. The van der Waals surface area contributed by atoms with E-state index in [-0.39, 0.29) is 16.5 Å². The zero-order chi connectivity index (χ0) is 20.6. The quantitative estimate of drug-likeness (QED) is 0.279. The molecule has 7 heteroatoms. The van der Waals surface area contributed by atoms with Gasteiger partial charge in [-0.15, -0.1) is 0 Å². The van der Waals surface area contributed by atoms with E-state index in [1.165, 1.54) is 0 Å². The van der Waals surface area contributed by atoms with Gasteiger partial charge in [-0.25, -0.2) is 0 Å². The number of benzene rings is 2. The molecular formula is C21H23Cl2NO3S. The highest BCUT2D eigenvalue weighted by molar-refractivity contribution is 7.99. The summed E-state index contributed by atoms with van der Waals surface area (Å²) in [6.07, 6.45) is 1.59. The summed E-state index contributed by atoms with van der Waals surface area (Å²) in [5.74, 6) is 1.48. The van der Waals surface area contributed by atoms with E-state index in [1.807, 2.05) is 69.3 Å². The Morgan fingerprint density at radius 3 is 1.89 bits per heavy atom. The number of rotatable bonds is 8.